The van der Waals surface area contributed by atoms with Gasteiger partial charge in [-0.2, -0.15) is 4.98 Å². The third-order valence-corrected chi connectivity index (χ3v) is 3.72. The lowest BCUT2D eigenvalue weighted by Crippen LogP contribution is -2.10. The van der Waals surface area contributed by atoms with Crippen molar-refractivity contribution in [1.82, 2.24) is 15.1 Å². The summed E-state index contributed by atoms with van der Waals surface area (Å²) in [6, 6.07) is 13.7. The lowest BCUT2D eigenvalue weighted by atomic mass is 9.87. The Morgan fingerprint density at radius 3 is 2.42 bits per heavy atom. The molecule has 1 atom stereocenters. The lowest BCUT2D eigenvalue weighted by molar-refractivity contribution is 0.175. The second-order valence-electron chi connectivity index (χ2n) is 6.71. The van der Waals surface area contributed by atoms with E-state index < -0.39 is 0 Å². The van der Waals surface area contributed by atoms with Crippen molar-refractivity contribution >= 4 is 0 Å². The second kappa shape index (κ2) is 6.43. The van der Waals surface area contributed by atoms with E-state index in [1.807, 2.05) is 37.3 Å². The maximum Gasteiger partial charge on any atom is 0.267 e. The van der Waals surface area contributed by atoms with Crippen LogP contribution in [0.25, 0.3) is 11.5 Å². The molecule has 0 saturated carbocycles. The fraction of sp³-hybridized carbons (Fsp3) is 0.316. The van der Waals surface area contributed by atoms with Crippen LogP contribution in [0.4, 0.5) is 0 Å². The summed E-state index contributed by atoms with van der Waals surface area (Å²) >= 11 is 0. The first-order valence-electron chi connectivity index (χ1n) is 7.96. The number of benzene rings is 1. The molecule has 5 heteroatoms. The van der Waals surface area contributed by atoms with E-state index in [0.717, 1.165) is 5.75 Å². The normalized spacial score (nSPS) is 12.8. The molecule has 0 fully saturated rings. The van der Waals surface area contributed by atoms with Crippen molar-refractivity contribution in [3.8, 4) is 17.3 Å². The molecule has 0 N–H and O–H groups in total. The minimum Gasteiger partial charge on any atom is -0.481 e. The summed E-state index contributed by atoms with van der Waals surface area (Å²) in [5.41, 5.74) is 2.06. The highest BCUT2D eigenvalue weighted by Gasteiger charge is 2.18. The molecule has 0 amide bonds. The van der Waals surface area contributed by atoms with E-state index in [-0.39, 0.29) is 11.5 Å². The van der Waals surface area contributed by atoms with Crippen molar-refractivity contribution in [2.45, 2.75) is 39.2 Å². The predicted octanol–water partition coefficient (Wildman–Crippen LogP) is 4.57. The van der Waals surface area contributed by atoms with Crippen LogP contribution in [0.3, 0.4) is 0 Å². The molecule has 0 bridgehead atoms. The third-order valence-electron chi connectivity index (χ3n) is 3.72. The summed E-state index contributed by atoms with van der Waals surface area (Å²) < 4.78 is 11.2. The highest BCUT2D eigenvalue weighted by Crippen LogP contribution is 2.27. The molecule has 2 aromatic heterocycles. The van der Waals surface area contributed by atoms with Gasteiger partial charge in [0.25, 0.3) is 5.89 Å². The van der Waals surface area contributed by atoms with Crippen LogP contribution in [0, 0.1) is 0 Å². The van der Waals surface area contributed by atoms with Gasteiger partial charge in [0.1, 0.15) is 11.4 Å². The number of hydrogen-bond donors (Lipinski definition) is 0. The minimum atomic E-state index is -0.338. The zero-order valence-corrected chi connectivity index (χ0v) is 14.4. The first-order chi connectivity index (χ1) is 11.4. The van der Waals surface area contributed by atoms with Crippen molar-refractivity contribution < 1.29 is 9.26 Å². The maximum absolute atomic E-state index is 5.90. The van der Waals surface area contributed by atoms with E-state index in [1.54, 1.807) is 6.20 Å². The van der Waals surface area contributed by atoms with Crippen molar-refractivity contribution in [3.63, 3.8) is 0 Å². The lowest BCUT2D eigenvalue weighted by Gasteiger charge is -2.19. The molecule has 0 saturated heterocycles. The van der Waals surface area contributed by atoms with E-state index in [9.17, 15) is 0 Å². The molecular formula is C19H21N3O2. The first-order valence-corrected chi connectivity index (χ1v) is 7.96. The van der Waals surface area contributed by atoms with Crippen molar-refractivity contribution in [2.75, 3.05) is 0 Å². The summed E-state index contributed by atoms with van der Waals surface area (Å²) in [6.45, 7) is 8.43. The van der Waals surface area contributed by atoms with Gasteiger partial charge in [0.05, 0.1) is 0 Å². The van der Waals surface area contributed by atoms with Gasteiger partial charge in [-0.05, 0) is 42.2 Å². The van der Waals surface area contributed by atoms with Gasteiger partial charge in [0, 0.05) is 6.20 Å². The van der Waals surface area contributed by atoms with Gasteiger partial charge in [-0.25, -0.2) is 0 Å². The number of ether oxygens (including phenoxy) is 1. The smallest absolute Gasteiger partial charge is 0.267 e. The molecule has 24 heavy (non-hydrogen) atoms. The Balaban J connectivity index is 1.71. The standard InChI is InChI=1S/C19H21N3O2/c1-13(23-15-10-8-14(9-11-15)19(2,3)4)18-21-17(22-24-18)16-7-5-6-12-20-16/h5-13H,1-4H3. The van der Waals surface area contributed by atoms with Gasteiger partial charge >= 0.3 is 0 Å². The van der Waals surface area contributed by atoms with Crippen LogP contribution < -0.4 is 4.74 Å². The summed E-state index contributed by atoms with van der Waals surface area (Å²) in [4.78, 5) is 8.58. The highest BCUT2D eigenvalue weighted by atomic mass is 16.5. The maximum atomic E-state index is 5.90. The largest absolute Gasteiger partial charge is 0.481 e. The summed E-state index contributed by atoms with van der Waals surface area (Å²) in [7, 11) is 0. The van der Waals surface area contributed by atoms with Crippen LogP contribution in [-0.4, -0.2) is 15.1 Å². The Morgan fingerprint density at radius 1 is 1.04 bits per heavy atom. The summed E-state index contributed by atoms with van der Waals surface area (Å²) in [6.07, 6.45) is 1.36. The molecule has 3 rings (SSSR count). The number of pyridine rings is 1. The molecule has 3 aromatic rings. The zero-order valence-electron chi connectivity index (χ0n) is 14.4. The first kappa shape index (κ1) is 16.2. The van der Waals surface area contributed by atoms with E-state index in [4.69, 9.17) is 9.26 Å². The fourth-order valence-electron chi connectivity index (χ4n) is 2.29. The number of hydrogen-bond acceptors (Lipinski definition) is 5. The second-order valence-corrected chi connectivity index (χ2v) is 6.71. The van der Waals surface area contributed by atoms with Crippen LogP contribution in [0.1, 0.15) is 45.3 Å². The summed E-state index contributed by atoms with van der Waals surface area (Å²) in [5.74, 6) is 1.66. The number of nitrogens with zero attached hydrogens (tertiary/aromatic N) is 3. The van der Waals surface area contributed by atoms with E-state index in [1.165, 1.54) is 5.56 Å². The molecule has 124 valence electrons. The molecule has 0 radical (unpaired) electrons. The minimum absolute atomic E-state index is 0.119. The van der Waals surface area contributed by atoms with Gasteiger partial charge in [-0.3, -0.25) is 4.98 Å². The topological polar surface area (TPSA) is 61.0 Å². The Labute approximate surface area is 141 Å². The molecule has 0 aliphatic rings. The molecule has 0 aliphatic heterocycles. The molecule has 5 nitrogen and oxygen atoms in total. The van der Waals surface area contributed by atoms with Gasteiger partial charge in [0.2, 0.25) is 5.82 Å². The van der Waals surface area contributed by atoms with Crippen LogP contribution in [0.15, 0.2) is 53.2 Å². The van der Waals surface area contributed by atoms with E-state index in [0.29, 0.717) is 17.4 Å². The van der Waals surface area contributed by atoms with Crippen molar-refractivity contribution in [1.29, 1.82) is 0 Å². The van der Waals surface area contributed by atoms with Gasteiger partial charge in [-0.15, -0.1) is 0 Å². The molecule has 2 heterocycles. The highest BCUT2D eigenvalue weighted by molar-refractivity contribution is 5.47. The monoisotopic (exact) mass is 323 g/mol. The SMILES string of the molecule is CC(Oc1ccc(C(C)(C)C)cc1)c1nc(-c2ccccn2)no1. The zero-order chi connectivity index (χ0) is 17.2. The molecule has 1 aromatic carbocycles. The van der Waals surface area contributed by atoms with Crippen LogP contribution in [0.5, 0.6) is 5.75 Å². The molecule has 1 unspecified atom stereocenters. The third kappa shape index (κ3) is 3.62. The van der Waals surface area contributed by atoms with Crippen LogP contribution >= 0.6 is 0 Å². The average Bonchev–Trinajstić information content (AvgIpc) is 3.05. The van der Waals surface area contributed by atoms with Gasteiger partial charge < -0.3 is 9.26 Å². The average molecular weight is 323 g/mol. The van der Waals surface area contributed by atoms with Gasteiger partial charge in [-0.1, -0.05) is 44.1 Å². The molecule has 0 spiro atoms. The van der Waals surface area contributed by atoms with Crippen LogP contribution in [-0.2, 0) is 5.41 Å². The Hall–Kier alpha value is -2.69. The van der Waals surface area contributed by atoms with E-state index >= 15 is 0 Å². The van der Waals surface area contributed by atoms with Gasteiger partial charge in [0.15, 0.2) is 6.10 Å². The van der Waals surface area contributed by atoms with Crippen molar-refractivity contribution in [3.05, 3.63) is 60.1 Å². The van der Waals surface area contributed by atoms with Crippen molar-refractivity contribution in [2.24, 2.45) is 0 Å². The Bertz CT molecular complexity index is 789. The molecule has 0 aliphatic carbocycles. The summed E-state index contributed by atoms with van der Waals surface area (Å²) in [5, 5.41) is 3.97. The molecular weight excluding hydrogens is 302 g/mol. The van der Waals surface area contributed by atoms with Crippen LogP contribution in [0.2, 0.25) is 0 Å². The number of aromatic nitrogens is 3. The quantitative estimate of drug-likeness (QED) is 0.704. The number of rotatable bonds is 4. The predicted molar refractivity (Wildman–Crippen MR) is 91.7 cm³/mol. The fourth-order valence-corrected chi connectivity index (χ4v) is 2.29. The Morgan fingerprint density at radius 2 is 1.79 bits per heavy atom. The van der Waals surface area contributed by atoms with E-state index in [2.05, 4.69) is 48.0 Å². The Kier molecular flexibility index (Phi) is 4.34.